The molecule has 2 heterocycles. The molecule has 0 radical (unpaired) electrons. The molecule has 0 saturated heterocycles. The van der Waals surface area contributed by atoms with E-state index in [0.717, 1.165) is 24.2 Å². The summed E-state index contributed by atoms with van der Waals surface area (Å²) in [6, 6.07) is 10.1. The van der Waals surface area contributed by atoms with Gasteiger partial charge in [-0.25, -0.2) is 0 Å². The zero-order valence-electron chi connectivity index (χ0n) is 21.1. The normalized spacial score (nSPS) is 15.5. The summed E-state index contributed by atoms with van der Waals surface area (Å²) in [5.41, 5.74) is 2.42. The van der Waals surface area contributed by atoms with Crippen molar-refractivity contribution < 1.29 is 19.1 Å². The van der Waals surface area contributed by atoms with Crippen LogP contribution in [0.25, 0.3) is 0 Å². The van der Waals surface area contributed by atoms with Crippen LogP contribution in [0.15, 0.2) is 35.7 Å². The molecule has 1 aromatic heterocycles. The molecule has 1 aliphatic heterocycles. The van der Waals surface area contributed by atoms with E-state index >= 15 is 0 Å². The summed E-state index contributed by atoms with van der Waals surface area (Å²) in [7, 11) is 1.50. The first-order valence-electron chi connectivity index (χ1n) is 12.1. The van der Waals surface area contributed by atoms with E-state index in [1.807, 2.05) is 17.0 Å². The third-order valence-electron chi connectivity index (χ3n) is 6.29. The van der Waals surface area contributed by atoms with Gasteiger partial charge >= 0.3 is 0 Å². The monoisotopic (exact) mass is 486 g/mol. The summed E-state index contributed by atoms with van der Waals surface area (Å²) in [4.78, 5) is 30.9. The summed E-state index contributed by atoms with van der Waals surface area (Å²) < 4.78 is 11.2. The molecular formula is C27H38N2O4S. The van der Waals surface area contributed by atoms with Gasteiger partial charge < -0.3 is 19.3 Å². The van der Waals surface area contributed by atoms with Crippen molar-refractivity contribution in [2.24, 2.45) is 5.92 Å². The van der Waals surface area contributed by atoms with E-state index in [4.69, 9.17) is 9.47 Å². The number of amides is 2. The molecule has 34 heavy (non-hydrogen) atoms. The van der Waals surface area contributed by atoms with Gasteiger partial charge in [-0.1, -0.05) is 39.8 Å². The number of nitrogens with zero attached hydrogens (tertiary/aromatic N) is 2. The van der Waals surface area contributed by atoms with Gasteiger partial charge in [-0.2, -0.15) is 0 Å². The molecule has 0 bridgehead atoms. The number of hydrogen-bond acceptors (Lipinski definition) is 5. The molecule has 0 N–H and O–H groups in total. The number of fused-ring (bicyclic) bond motifs is 1. The molecule has 1 atom stereocenters. The van der Waals surface area contributed by atoms with E-state index in [-0.39, 0.29) is 31.0 Å². The maximum Gasteiger partial charge on any atom is 0.249 e. The van der Waals surface area contributed by atoms with Crippen LogP contribution in [0.5, 0.6) is 5.75 Å². The van der Waals surface area contributed by atoms with Crippen molar-refractivity contribution in [3.05, 3.63) is 51.7 Å². The Hall–Kier alpha value is -2.38. The molecule has 0 unspecified atom stereocenters. The Balaban J connectivity index is 1.73. The Labute approximate surface area is 207 Å². The molecule has 186 valence electrons. The maximum absolute atomic E-state index is 13.5. The Morgan fingerprint density at radius 2 is 1.88 bits per heavy atom. The van der Waals surface area contributed by atoms with Crippen LogP contribution in [-0.4, -0.2) is 61.6 Å². The number of benzene rings is 1. The van der Waals surface area contributed by atoms with Crippen LogP contribution in [0.4, 0.5) is 0 Å². The minimum absolute atomic E-state index is 0.0149. The number of carbonyl (C=O) groups excluding carboxylic acids is 2. The lowest BCUT2D eigenvalue weighted by Crippen LogP contribution is -2.48. The second kappa shape index (κ2) is 12.4. The highest BCUT2D eigenvalue weighted by Crippen LogP contribution is 2.34. The van der Waals surface area contributed by atoms with Crippen molar-refractivity contribution in [3.8, 4) is 5.75 Å². The number of hydrogen-bond donors (Lipinski definition) is 0. The highest BCUT2D eigenvalue weighted by molar-refractivity contribution is 7.10. The summed E-state index contributed by atoms with van der Waals surface area (Å²) in [6.07, 6.45) is 1.67. The minimum Gasteiger partial charge on any atom is -0.491 e. The molecule has 0 saturated carbocycles. The van der Waals surface area contributed by atoms with Crippen LogP contribution >= 0.6 is 11.3 Å². The van der Waals surface area contributed by atoms with Gasteiger partial charge in [0, 0.05) is 25.1 Å². The zero-order valence-corrected chi connectivity index (χ0v) is 21.9. The lowest BCUT2D eigenvalue weighted by molar-refractivity contribution is -0.144. The number of methoxy groups -OCH3 is 1. The number of thiophene rings is 1. The standard InChI is InChI=1S/C27H38N2O4S/c1-19(2)10-13-28(27(31)18-32-5)16-26(30)29-14-11-25-23(12-15-34-25)24(29)17-33-22-8-6-21(7-9-22)20(3)4/h6-9,12,15,19-20,24H,10-11,13-14,16-18H2,1-5H3/t24-/m1/s1. The van der Waals surface area contributed by atoms with Crippen LogP contribution in [0.3, 0.4) is 0 Å². The fraction of sp³-hybridized carbons (Fsp3) is 0.556. The molecule has 3 rings (SSSR count). The first kappa shape index (κ1) is 26.2. The molecule has 0 spiro atoms. The van der Waals surface area contributed by atoms with Crippen molar-refractivity contribution >= 4 is 23.2 Å². The van der Waals surface area contributed by atoms with Crippen LogP contribution in [0, 0.1) is 5.92 Å². The Morgan fingerprint density at radius 1 is 1.15 bits per heavy atom. The summed E-state index contributed by atoms with van der Waals surface area (Å²) >= 11 is 1.73. The maximum atomic E-state index is 13.5. The first-order chi connectivity index (χ1) is 16.3. The summed E-state index contributed by atoms with van der Waals surface area (Å²) in [5.74, 6) is 1.51. The Morgan fingerprint density at radius 3 is 2.53 bits per heavy atom. The smallest absolute Gasteiger partial charge is 0.249 e. The molecule has 0 fully saturated rings. The quantitative estimate of drug-likeness (QED) is 0.453. The van der Waals surface area contributed by atoms with Crippen molar-refractivity contribution in [2.45, 2.75) is 52.5 Å². The third kappa shape index (κ3) is 6.83. The van der Waals surface area contributed by atoms with Gasteiger partial charge in [-0.05, 0) is 59.4 Å². The van der Waals surface area contributed by atoms with E-state index in [9.17, 15) is 9.59 Å². The second-order valence-corrected chi connectivity index (χ2v) is 10.6. The van der Waals surface area contributed by atoms with Crippen molar-refractivity contribution in [3.63, 3.8) is 0 Å². The van der Waals surface area contributed by atoms with Gasteiger partial charge in [0.25, 0.3) is 0 Å². The van der Waals surface area contributed by atoms with Crippen LogP contribution in [0.1, 0.15) is 62.1 Å². The molecule has 1 aromatic carbocycles. The predicted octanol–water partition coefficient (Wildman–Crippen LogP) is 4.90. The Kier molecular flexibility index (Phi) is 9.54. The average molecular weight is 487 g/mol. The zero-order chi connectivity index (χ0) is 24.7. The molecule has 2 aromatic rings. The fourth-order valence-corrected chi connectivity index (χ4v) is 5.10. The van der Waals surface area contributed by atoms with Crippen LogP contribution in [0.2, 0.25) is 0 Å². The topological polar surface area (TPSA) is 59.1 Å². The van der Waals surface area contributed by atoms with Crippen LogP contribution < -0.4 is 4.74 Å². The predicted molar refractivity (Wildman–Crippen MR) is 136 cm³/mol. The van der Waals surface area contributed by atoms with Gasteiger partial charge in [0.05, 0.1) is 12.6 Å². The van der Waals surface area contributed by atoms with E-state index in [1.165, 1.54) is 17.6 Å². The highest BCUT2D eigenvalue weighted by atomic mass is 32.1. The average Bonchev–Trinajstić information content (AvgIpc) is 3.29. The minimum atomic E-state index is -0.170. The molecule has 2 amide bonds. The second-order valence-electron chi connectivity index (χ2n) is 9.62. The Bertz CT molecular complexity index is 938. The molecule has 1 aliphatic rings. The van der Waals surface area contributed by atoms with Crippen molar-refractivity contribution in [2.75, 3.05) is 40.0 Å². The first-order valence-corrected chi connectivity index (χ1v) is 13.0. The fourth-order valence-electron chi connectivity index (χ4n) is 4.17. The SMILES string of the molecule is COCC(=O)N(CCC(C)C)CC(=O)N1CCc2sccc2[C@H]1COc1ccc(C(C)C)cc1. The van der Waals surface area contributed by atoms with Gasteiger partial charge in [-0.15, -0.1) is 11.3 Å². The van der Waals surface area contributed by atoms with E-state index in [2.05, 4.69) is 51.3 Å². The number of carbonyl (C=O) groups is 2. The highest BCUT2D eigenvalue weighted by Gasteiger charge is 2.33. The largest absolute Gasteiger partial charge is 0.491 e. The van der Waals surface area contributed by atoms with Gasteiger partial charge in [0.1, 0.15) is 19.0 Å². The molecular weight excluding hydrogens is 448 g/mol. The summed E-state index contributed by atoms with van der Waals surface area (Å²) in [5, 5.41) is 2.08. The third-order valence-corrected chi connectivity index (χ3v) is 7.29. The lowest BCUT2D eigenvalue weighted by atomic mass is 10.00. The van der Waals surface area contributed by atoms with E-state index in [0.29, 0.717) is 31.5 Å². The van der Waals surface area contributed by atoms with E-state index < -0.39 is 0 Å². The van der Waals surface area contributed by atoms with Crippen LogP contribution in [-0.2, 0) is 20.7 Å². The van der Waals surface area contributed by atoms with Gasteiger partial charge in [0.2, 0.25) is 11.8 Å². The number of ether oxygens (including phenoxy) is 2. The van der Waals surface area contributed by atoms with Crippen molar-refractivity contribution in [1.82, 2.24) is 9.80 Å². The molecule has 0 aliphatic carbocycles. The van der Waals surface area contributed by atoms with Crippen molar-refractivity contribution in [1.29, 1.82) is 0 Å². The summed E-state index contributed by atoms with van der Waals surface area (Å²) in [6.45, 7) is 10.2. The molecule has 7 heteroatoms. The van der Waals surface area contributed by atoms with Gasteiger partial charge in [0.15, 0.2) is 0 Å². The van der Waals surface area contributed by atoms with Gasteiger partial charge in [-0.3, -0.25) is 9.59 Å². The van der Waals surface area contributed by atoms with E-state index in [1.54, 1.807) is 16.2 Å². The number of rotatable bonds is 11. The molecule has 6 nitrogen and oxygen atoms in total. The lowest BCUT2D eigenvalue weighted by Gasteiger charge is -2.37.